The standard InChI is InChI=1S/C16H23NO/c1-11-8-9-12(2)15(10-11)16(18)13(3)17(4)14-6-5-7-14/h8-10,13-14H,5-7H2,1-4H3. The SMILES string of the molecule is Cc1ccc(C)c(C(=O)C(C)N(C)C2CCC2)c1. The molecule has 0 heterocycles. The fraction of sp³-hybridized carbons (Fsp3) is 0.562. The molecule has 0 aliphatic heterocycles. The van der Waals surface area contributed by atoms with Crippen molar-refractivity contribution in [3.8, 4) is 0 Å². The van der Waals surface area contributed by atoms with E-state index in [0.29, 0.717) is 6.04 Å². The molecule has 2 heteroatoms. The monoisotopic (exact) mass is 245 g/mol. The molecule has 0 bridgehead atoms. The second kappa shape index (κ2) is 5.23. The van der Waals surface area contributed by atoms with Crippen molar-refractivity contribution in [1.82, 2.24) is 4.90 Å². The van der Waals surface area contributed by atoms with E-state index in [1.54, 1.807) is 0 Å². The molecule has 18 heavy (non-hydrogen) atoms. The third-order valence-electron chi connectivity index (χ3n) is 4.30. The number of Topliss-reactive ketones (excluding diaryl/α,β-unsaturated/α-hetero) is 1. The Hall–Kier alpha value is -1.15. The fourth-order valence-electron chi connectivity index (χ4n) is 2.52. The number of nitrogens with zero attached hydrogens (tertiary/aromatic N) is 1. The van der Waals surface area contributed by atoms with Crippen molar-refractivity contribution in [2.75, 3.05) is 7.05 Å². The van der Waals surface area contributed by atoms with Gasteiger partial charge in [-0.3, -0.25) is 9.69 Å². The molecule has 1 aromatic carbocycles. The molecule has 0 radical (unpaired) electrons. The summed E-state index contributed by atoms with van der Waals surface area (Å²) < 4.78 is 0. The van der Waals surface area contributed by atoms with Crippen LogP contribution < -0.4 is 0 Å². The van der Waals surface area contributed by atoms with Gasteiger partial charge in [-0.15, -0.1) is 0 Å². The summed E-state index contributed by atoms with van der Waals surface area (Å²) in [4.78, 5) is 14.8. The third-order valence-corrected chi connectivity index (χ3v) is 4.30. The third kappa shape index (κ3) is 2.49. The average Bonchev–Trinajstić information content (AvgIpc) is 2.28. The molecule has 1 aromatic rings. The molecule has 1 unspecified atom stereocenters. The van der Waals surface area contributed by atoms with Crippen LogP contribution >= 0.6 is 0 Å². The van der Waals surface area contributed by atoms with Gasteiger partial charge in [0.25, 0.3) is 0 Å². The van der Waals surface area contributed by atoms with Crippen molar-refractivity contribution >= 4 is 5.78 Å². The van der Waals surface area contributed by atoms with Gasteiger partial charge < -0.3 is 0 Å². The van der Waals surface area contributed by atoms with E-state index in [-0.39, 0.29) is 11.8 Å². The van der Waals surface area contributed by atoms with Crippen LogP contribution in [0.25, 0.3) is 0 Å². The van der Waals surface area contributed by atoms with E-state index in [9.17, 15) is 4.79 Å². The number of hydrogen-bond acceptors (Lipinski definition) is 2. The van der Waals surface area contributed by atoms with Gasteiger partial charge in [-0.1, -0.05) is 24.1 Å². The Morgan fingerprint density at radius 2 is 2.00 bits per heavy atom. The number of benzene rings is 1. The van der Waals surface area contributed by atoms with Crippen molar-refractivity contribution in [2.24, 2.45) is 0 Å². The van der Waals surface area contributed by atoms with E-state index in [4.69, 9.17) is 0 Å². The molecule has 1 aliphatic carbocycles. The number of rotatable bonds is 4. The molecule has 98 valence electrons. The molecule has 1 saturated carbocycles. The first-order valence-electron chi connectivity index (χ1n) is 6.84. The van der Waals surface area contributed by atoms with Crippen LogP contribution in [-0.2, 0) is 0 Å². The molecule has 1 atom stereocenters. The summed E-state index contributed by atoms with van der Waals surface area (Å²) in [5.74, 6) is 0.255. The molecule has 2 nitrogen and oxygen atoms in total. The van der Waals surface area contributed by atoms with Gasteiger partial charge in [-0.05, 0) is 52.3 Å². The maximum Gasteiger partial charge on any atom is 0.179 e. The minimum absolute atomic E-state index is 0.0178. The van der Waals surface area contributed by atoms with Crippen LogP contribution in [0, 0.1) is 13.8 Å². The fourth-order valence-corrected chi connectivity index (χ4v) is 2.52. The molecular weight excluding hydrogens is 222 g/mol. The zero-order chi connectivity index (χ0) is 13.3. The number of aryl methyl sites for hydroxylation is 2. The quantitative estimate of drug-likeness (QED) is 0.758. The summed E-state index contributed by atoms with van der Waals surface area (Å²) in [6.07, 6.45) is 3.78. The van der Waals surface area contributed by atoms with Crippen molar-refractivity contribution in [3.63, 3.8) is 0 Å². The Labute approximate surface area is 110 Å². The van der Waals surface area contributed by atoms with E-state index in [1.165, 1.54) is 19.3 Å². The first kappa shape index (κ1) is 13.3. The average molecular weight is 245 g/mol. The normalized spacial score (nSPS) is 17.6. The second-order valence-corrected chi connectivity index (χ2v) is 5.61. The Morgan fingerprint density at radius 1 is 1.33 bits per heavy atom. The van der Waals surface area contributed by atoms with Crippen LogP contribution in [0.2, 0.25) is 0 Å². The summed E-state index contributed by atoms with van der Waals surface area (Å²) in [6.45, 7) is 6.09. The summed E-state index contributed by atoms with van der Waals surface area (Å²) in [6, 6.07) is 6.71. The van der Waals surface area contributed by atoms with Gasteiger partial charge >= 0.3 is 0 Å². The lowest BCUT2D eigenvalue weighted by Crippen LogP contribution is -2.46. The van der Waals surface area contributed by atoms with Crippen LogP contribution in [0.15, 0.2) is 18.2 Å². The van der Waals surface area contributed by atoms with E-state index in [0.717, 1.165) is 16.7 Å². The highest BCUT2D eigenvalue weighted by atomic mass is 16.1. The molecule has 0 spiro atoms. The van der Waals surface area contributed by atoms with Crippen LogP contribution in [0.1, 0.15) is 47.7 Å². The predicted octanol–water partition coefficient (Wildman–Crippen LogP) is 3.36. The first-order chi connectivity index (χ1) is 8.50. The van der Waals surface area contributed by atoms with E-state index < -0.39 is 0 Å². The highest BCUT2D eigenvalue weighted by molar-refractivity contribution is 6.01. The van der Waals surface area contributed by atoms with Gasteiger partial charge in [0.15, 0.2) is 5.78 Å². The van der Waals surface area contributed by atoms with E-state index in [2.05, 4.69) is 18.0 Å². The Kier molecular flexibility index (Phi) is 3.86. The molecule has 0 N–H and O–H groups in total. The van der Waals surface area contributed by atoms with E-state index in [1.807, 2.05) is 32.9 Å². The zero-order valence-corrected chi connectivity index (χ0v) is 11.9. The van der Waals surface area contributed by atoms with Gasteiger partial charge in [0, 0.05) is 11.6 Å². The van der Waals surface area contributed by atoms with Crippen LogP contribution in [-0.4, -0.2) is 29.8 Å². The minimum Gasteiger partial charge on any atom is -0.294 e. The molecule has 1 fully saturated rings. The lowest BCUT2D eigenvalue weighted by molar-refractivity contribution is 0.0723. The van der Waals surface area contributed by atoms with Crippen LogP contribution in [0.4, 0.5) is 0 Å². The van der Waals surface area contributed by atoms with Gasteiger partial charge in [-0.25, -0.2) is 0 Å². The topological polar surface area (TPSA) is 20.3 Å². The highest BCUT2D eigenvalue weighted by Crippen LogP contribution is 2.26. The predicted molar refractivity (Wildman–Crippen MR) is 75.1 cm³/mol. The summed E-state index contributed by atoms with van der Waals surface area (Å²) in [5, 5.41) is 0. The largest absolute Gasteiger partial charge is 0.294 e. The maximum atomic E-state index is 12.6. The van der Waals surface area contributed by atoms with Gasteiger partial charge in [0.05, 0.1) is 6.04 Å². The van der Waals surface area contributed by atoms with Gasteiger partial charge in [0.2, 0.25) is 0 Å². The molecule has 2 rings (SSSR count). The van der Waals surface area contributed by atoms with Gasteiger partial charge in [0.1, 0.15) is 0 Å². The Bertz CT molecular complexity index is 448. The van der Waals surface area contributed by atoms with Crippen LogP contribution in [0.5, 0.6) is 0 Å². The zero-order valence-electron chi connectivity index (χ0n) is 11.9. The van der Waals surface area contributed by atoms with Gasteiger partial charge in [-0.2, -0.15) is 0 Å². The lowest BCUT2D eigenvalue weighted by Gasteiger charge is -2.38. The number of carbonyl (C=O) groups excluding carboxylic acids is 1. The maximum absolute atomic E-state index is 12.6. The van der Waals surface area contributed by atoms with Crippen molar-refractivity contribution in [3.05, 3.63) is 34.9 Å². The number of carbonyl (C=O) groups is 1. The number of hydrogen-bond donors (Lipinski definition) is 0. The Morgan fingerprint density at radius 3 is 2.56 bits per heavy atom. The second-order valence-electron chi connectivity index (χ2n) is 5.61. The smallest absolute Gasteiger partial charge is 0.179 e. The molecule has 0 saturated heterocycles. The van der Waals surface area contributed by atoms with E-state index >= 15 is 0 Å². The Balaban J connectivity index is 2.16. The lowest BCUT2D eigenvalue weighted by atomic mass is 9.89. The van der Waals surface area contributed by atoms with Crippen LogP contribution in [0.3, 0.4) is 0 Å². The molecular formula is C16H23NO. The van der Waals surface area contributed by atoms with Crippen molar-refractivity contribution in [1.29, 1.82) is 0 Å². The summed E-state index contributed by atoms with van der Waals surface area (Å²) >= 11 is 0. The van der Waals surface area contributed by atoms with Crippen molar-refractivity contribution in [2.45, 2.75) is 52.1 Å². The molecule has 0 amide bonds. The number of likely N-dealkylation sites (N-methyl/N-ethyl adjacent to an activating group) is 1. The number of ketones is 1. The minimum atomic E-state index is -0.0178. The molecule has 1 aliphatic rings. The summed E-state index contributed by atoms with van der Waals surface area (Å²) in [5.41, 5.74) is 3.12. The summed E-state index contributed by atoms with van der Waals surface area (Å²) in [7, 11) is 2.08. The molecule has 0 aromatic heterocycles. The first-order valence-corrected chi connectivity index (χ1v) is 6.84. The highest BCUT2D eigenvalue weighted by Gasteiger charge is 2.29. The van der Waals surface area contributed by atoms with Crippen molar-refractivity contribution < 1.29 is 4.79 Å².